The summed E-state index contributed by atoms with van der Waals surface area (Å²) in [7, 11) is 1.77. The van der Waals surface area contributed by atoms with Gasteiger partial charge in [0.05, 0.1) is 37.2 Å². The predicted molar refractivity (Wildman–Crippen MR) is 126 cm³/mol. The van der Waals surface area contributed by atoms with Gasteiger partial charge in [-0.2, -0.15) is 0 Å². The van der Waals surface area contributed by atoms with Gasteiger partial charge in [-0.1, -0.05) is 6.07 Å². The molecule has 3 aliphatic rings. The first-order chi connectivity index (χ1) is 15.6. The van der Waals surface area contributed by atoms with Gasteiger partial charge in [0, 0.05) is 43.1 Å². The molecule has 5 rings (SSSR count). The highest BCUT2D eigenvalue weighted by atomic mass is 16.5. The van der Waals surface area contributed by atoms with Crippen molar-refractivity contribution in [1.82, 2.24) is 4.98 Å². The maximum atomic E-state index is 13.8. The van der Waals surface area contributed by atoms with E-state index in [1.165, 1.54) is 0 Å². The minimum absolute atomic E-state index is 0.0263. The third kappa shape index (κ3) is 4.07. The maximum absolute atomic E-state index is 13.8. The zero-order valence-corrected chi connectivity index (χ0v) is 18.9. The summed E-state index contributed by atoms with van der Waals surface area (Å²) in [4.78, 5) is 22.7. The highest BCUT2D eigenvalue weighted by Gasteiger charge is 2.33. The van der Waals surface area contributed by atoms with E-state index >= 15 is 0 Å². The minimum Gasteiger partial charge on any atom is -0.381 e. The first-order valence-corrected chi connectivity index (χ1v) is 11.7. The van der Waals surface area contributed by atoms with Crippen LogP contribution in [0.15, 0.2) is 36.5 Å². The summed E-state index contributed by atoms with van der Waals surface area (Å²) >= 11 is 0. The molecule has 7 heteroatoms. The quantitative estimate of drug-likeness (QED) is 0.781. The fourth-order valence-electron chi connectivity index (χ4n) is 5.16. The van der Waals surface area contributed by atoms with Gasteiger partial charge in [0.15, 0.2) is 0 Å². The van der Waals surface area contributed by atoms with E-state index in [1.54, 1.807) is 13.3 Å². The van der Waals surface area contributed by atoms with Crippen LogP contribution in [0.5, 0.6) is 0 Å². The van der Waals surface area contributed by atoms with Crippen LogP contribution in [-0.2, 0) is 20.8 Å². The second-order valence-electron chi connectivity index (χ2n) is 9.09. The number of nitrogens with one attached hydrogen (secondary N) is 1. The monoisotopic (exact) mass is 436 g/mol. The molecule has 1 aliphatic carbocycles. The number of fused-ring (bicyclic) bond motifs is 2. The van der Waals surface area contributed by atoms with Gasteiger partial charge in [0.1, 0.15) is 5.82 Å². The number of carbonyl (C=O) groups is 1. The molecular formula is C25H32N4O3. The van der Waals surface area contributed by atoms with Crippen LogP contribution in [0.1, 0.15) is 38.2 Å². The largest absolute Gasteiger partial charge is 0.381 e. The lowest BCUT2D eigenvalue weighted by molar-refractivity contribution is -0.124. The number of morpholine rings is 1. The van der Waals surface area contributed by atoms with Crippen LogP contribution in [0, 0.1) is 5.92 Å². The van der Waals surface area contributed by atoms with Gasteiger partial charge < -0.3 is 24.6 Å². The molecule has 7 nitrogen and oxygen atoms in total. The summed E-state index contributed by atoms with van der Waals surface area (Å²) < 4.78 is 11.1. The molecule has 3 heterocycles. The molecule has 1 N–H and O–H groups in total. The van der Waals surface area contributed by atoms with E-state index in [9.17, 15) is 4.79 Å². The number of benzene rings is 1. The predicted octanol–water partition coefficient (Wildman–Crippen LogP) is 4.10. The Morgan fingerprint density at radius 3 is 2.84 bits per heavy atom. The molecule has 1 unspecified atom stereocenters. The molecule has 2 aromatic rings. The van der Waals surface area contributed by atoms with E-state index in [4.69, 9.17) is 9.47 Å². The fourth-order valence-corrected chi connectivity index (χ4v) is 5.16. The Kier molecular flexibility index (Phi) is 6.02. The van der Waals surface area contributed by atoms with Crippen molar-refractivity contribution < 1.29 is 14.3 Å². The van der Waals surface area contributed by atoms with Gasteiger partial charge in [0.2, 0.25) is 5.91 Å². The highest BCUT2D eigenvalue weighted by Crippen LogP contribution is 2.40. The molecule has 0 radical (unpaired) electrons. The second-order valence-corrected chi connectivity index (χ2v) is 9.09. The number of carbonyl (C=O) groups excluding carboxylic acids is 1. The number of amides is 1. The average Bonchev–Trinajstić information content (AvgIpc) is 3.00. The van der Waals surface area contributed by atoms with Gasteiger partial charge in [0.25, 0.3) is 0 Å². The molecule has 1 amide bonds. The summed E-state index contributed by atoms with van der Waals surface area (Å²) in [6.45, 7) is 5.00. The molecular weight excluding hydrogens is 404 g/mol. The SMILES string of the molecule is CO[C@H]1CC[C@H](C(=O)N2Cc3cccnc3Nc3ccc(N4CCOCC4C)cc32)CC1. The van der Waals surface area contributed by atoms with E-state index in [0.29, 0.717) is 12.6 Å². The van der Waals surface area contributed by atoms with Crippen molar-refractivity contribution >= 4 is 28.8 Å². The zero-order chi connectivity index (χ0) is 22.1. The number of pyridine rings is 1. The first kappa shape index (κ1) is 21.2. The van der Waals surface area contributed by atoms with Crippen LogP contribution in [0.2, 0.25) is 0 Å². The Morgan fingerprint density at radius 2 is 2.06 bits per heavy atom. The molecule has 170 valence electrons. The lowest BCUT2D eigenvalue weighted by Gasteiger charge is -2.36. The standard InChI is InChI=1S/C25H32N4O3/c1-17-16-32-13-12-28(17)20-7-10-22-23(14-20)29(15-19-4-3-11-26-24(19)27-22)25(30)18-5-8-21(31-2)9-6-18/h3-4,7,10-11,14,17-18,21H,5-6,8-9,12-13,15-16H2,1-2H3,(H,26,27)/t17?,18-,21-. The van der Waals surface area contributed by atoms with Gasteiger partial charge in [-0.25, -0.2) is 4.98 Å². The number of nitrogens with zero attached hydrogens (tertiary/aromatic N) is 3. The van der Waals surface area contributed by atoms with Crippen LogP contribution >= 0.6 is 0 Å². The van der Waals surface area contributed by atoms with Crippen molar-refractivity contribution in [1.29, 1.82) is 0 Å². The summed E-state index contributed by atoms with van der Waals surface area (Å²) in [5, 5.41) is 3.48. The number of rotatable bonds is 3. The van der Waals surface area contributed by atoms with Crippen molar-refractivity contribution in [2.75, 3.05) is 42.0 Å². The lowest BCUT2D eigenvalue weighted by atomic mass is 9.86. The third-order valence-corrected chi connectivity index (χ3v) is 7.07. The summed E-state index contributed by atoms with van der Waals surface area (Å²) in [5.41, 5.74) is 4.01. The Morgan fingerprint density at radius 1 is 1.22 bits per heavy atom. The van der Waals surface area contributed by atoms with E-state index in [1.807, 2.05) is 17.0 Å². The summed E-state index contributed by atoms with van der Waals surface area (Å²) in [6.07, 6.45) is 5.69. The molecule has 0 bridgehead atoms. The Hall–Kier alpha value is -2.64. The van der Waals surface area contributed by atoms with Crippen molar-refractivity contribution in [3.8, 4) is 0 Å². The third-order valence-electron chi connectivity index (χ3n) is 7.07. The number of ether oxygens (including phenoxy) is 2. The molecule has 1 atom stereocenters. The number of methoxy groups -OCH3 is 1. The average molecular weight is 437 g/mol. The Labute approximate surface area is 189 Å². The minimum atomic E-state index is 0.0263. The molecule has 1 aromatic carbocycles. The van der Waals surface area contributed by atoms with Crippen molar-refractivity contribution in [2.24, 2.45) is 5.92 Å². The second kappa shape index (κ2) is 9.08. The highest BCUT2D eigenvalue weighted by molar-refractivity contribution is 6.00. The smallest absolute Gasteiger partial charge is 0.230 e. The van der Waals surface area contributed by atoms with Crippen LogP contribution in [0.3, 0.4) is 0 Å². The molecule has 1 saturated heterocycles. The van der Waals surface area contributed by atoms with E-state index in [2.05, 4.69) is 40.3 Å². The number of hydrogen-bond donors (Lipinski definition) is 1. The van der Waals surface area contributed by atoms with Crippen LogP contribution < -0.4 is 15.1 Å². The first-order valence-electron chi connectivity index (χ1n) is 11.7. The van der Waals surface area contributed by atoms with Crippen molar-refractivity contribution in [3.63, 3.8) is 0 Å². The molecule has 1 aromatic heterocycles. The lowest BCUT2D eigenvalue weighted by Crippen LogP contribution is -2.44. The Balaban J connectivity index is 1.50. The van der Waals surface area contributed by atoms with Gasteiger partial charge in [-0.15, -0.1) is 0 Å². The molecule has 2 fully saturated rings. The maximum Gasteiger partial charge on any atom is 0.230 e. The normalized spacial score (nSPS) is 25.4. The number of anilines is 4. The van der Waals surface area contributed by atoms with E-state index < -0.39 is 0 Å². The number of aromatic nitrogens is 1. The van der Waals surface area contributed by atoms with Gasteiger partial charge in [-0.05, 0) is 56.9 Å². The van der Waals surface area contributed by atoms with Crippen molar-refractivity contribution in [2.45, 2.75) is 51.3 Å². The molecule has 2 aliphatic heterocycles. The van der Waals surface area contributed by atoms with E-state index in [0.717, 1.165) is 73.9 Å². The molecule has 0 spiro atoms. The number of hydrogen-bond acceptors (Lipinski definition) is 6. The van der Waals surface area contributed by atoms with Crippen LogP contribution in [-0.4, -0.2) is 49.9 Å². The Bertz CT molecular complexity index is 973. The zero-order valence-electron chi connectivity index (χ0n) is 18.9. The van der Waals surface area contributed by atoms with Crippen LogP contribution in [0.4, 0.5) is 22.9 Å². The van der Waals surface area contributed by atoms with Crippen LogP contribution in [0.25, 0.3) is 0 Å². The molecule has 32 heavy (non-hydrogen) atoms. The summed E-state index contributed by atoms with van der Waals surface area (Å²) in [6, 6.07) is 10.7. The topological polar surface area (TPSA) is 66.9 Å². The van der Waals surface area contributed by atoms with E-state index in [-0.39, 0.29) is 17.9 Å². The molecule has 1 saturated carbocycles. The fraction of sp³-hybridized carbons (Fsp3) is 0.520. The van der Waals surface area contributed by atoms with Crippen molar-refractivity contribution in [3.05, 3.63) is 42.1 Å². The van der Waals surface area contributed by atoms with Gasteiger partial charge in [-0.3, -0.25) is 4.79 Å². The summed E-state index contributed by atoms with van der Waals surface area (Å²) in [5.74, 6) is 1.05. The van der Waals surface area contributed by atoms with Gasteiger partial charge >= 0.3 is 0 Å².